The van der Waals surface area contributed by atoms with Crippen molar-refractivity contribution in [2.75, 3.05) is 6.61 Å². The SMILES string of the molecule is C=CCc1cc(C=Nn2c(-c3ccccc3)nc3ccccc3c2=O)cc(OCC)c1OCc1cccc(C)c1. The molecule has 0 spiro atoms. The molecule has 1 heterocycles. The summed E-state index contributed by atoms with van der Waals surface area (Å²) in [6.07, 6.45) is 4.07. The normalized spacial score (nSPS) is 11.2. The third-order valence-electron chi connectivity index (χ3n) is 6.39. The van der Waals surface area contributed by atoms with Gasteiger partial charge < -0.3 is 9.47 Å². The molecule has 0 N–H and O–H groups in total. The Kier molecular flexibility index (Phi) is 8.16. The number of ether oxygens (including phenoxy) is 2. The minimum absolute atomic E-state index is 0.241. The smallest absolute Gasteiger partial charge is 0.282 e. The van der Waals surface area contributed by atoms with Crippen LogP contribution in [0.1, 0.15) is 29.2 Å². The first kappa shape index (κ1) is 26.6. The number of hydrogen-bond acceptors (Lipinski definition) is 5. The van der Waals surface area contributed by atoms with Crippen molar-refractivity contribution in [3.8, 4) is 22.9 Å². The van der Waals surface area contributed by atoms with Gasteiger partial charge in [-0.15, -0.1) is 6.58 Å². The van der Waals surface area contributed by atoms with Gasteiger partial charge in [0.25, 0.3) is 5.56 Å². The van der Waals surface area contributed by atoms with Crippen molar-refractivity contribution in [2.45, 2.75) is 26.9 Å². The molecule has 0 aliphatic heterocycles. The molecule has 4 aromatic carbocycles. The van der Waals surface area contributed by atoms with Crippen LogP contribution in [0.3, 0.4) is 0 Å². The number of benzene rings is 4. The highest BCUT2D eigenvalue weighted by molar-refractivity contribution is 5.83. The van der Waals surface area contributed by atoms with E-state index in [9.17, 15) is 4.79 Å². The number of aryl methyl sites for hydroxylation is 1. The lowest BCUT2D eigenvalue weighted by molar-refractivity contribution is 0.267. The molecule has 6 nitrogen and oxygen atoms in total. The minimum atomic E-state index is -0.241. The largest absolute Gasteiger partial charge is 0.490 e. The van der Waals surface area contributed by atoms with E-state index >= 15 is 0 Å². The zero-order valence-corrected chi connectivity index (χ0v) is 22.7. The zero-order valence-electron chi connectivity index (χ0n) is 22.7. The molecule has 6 heteroatoms. The molecule has 0 bridgehead atoms. The first-order valence-corrected chi connectivity index (χ1v) is 13.3. The Bertz CT molecular complexity index is 1740. The standard InChI is InChI=1S/C34H31N3O3/c1-4-12-28-20-26(21-31(39-5-2)32(28)40-23-25-14-11-13-24(3)19-25)22-35-37-33(27-15-7-6-8-16-27)36-30-18-10-9-17-29(30)34(37)38/h4,6-11,13-22H,1,5,12,23H2,2-3H3. The van der Waals surface area contributed by atoms with E-state index in [1.165, 1.54) is 10.2 Å². The van der Waals surface area contributed by atoms with Crippen LogP contribution in [0.2, 0.25) is 0 Å². The summed E-state index contributed by atoms with van der Waals surface area (Å²) in [7, 11) is 0. The second-order valence-corrected chi connectivity index (χ2v) is 9.39. The van der Waals surface area contributed by atoms with E-state index in [0.29, 0.717) is 47.9 Å². The molecule has 0 fully saturated rings. The minimum Gasteiger partial charge on any atom is -0.490 e. The molecule has 5 rings (SSSR count). The lowest BCUT2D eigenvalue weighted by atomic mass is 10.1. The van der Waals surface area contributed by atoms with Gasteiger partial charge in [-0.25, -0.2) is 4.98 Å². The average Bonchev–Trinajstić information content (AvgIpc) is 2.97. The molecule has 40 heavy (non-hydrogen) atoms. The molecule has 0 aliphatic carbocycles. The molecular formula is C34H31N3O3. The van der Waals surface area contributed by atoms with Crippen molar-refractivity contribution in [1.29, 1.82) is 0 Å². The van der Waals surface area contributed by atoms with Crippen molar-refractivity contribution in [3.05, 3.63) is 136 Å². The Hall–Kier alpha value is -4.97. The highest BCUT2D eigenvalue weighted by Crippen LogP contribution is 2.34. The summed E-state index contributed by atoms with van der Waals surface area (Å²) in [5.41, 5.74) is 5.12. The van der Waals surface area contributed by atoms with Gasteiger partial charge in [0.15, 0.2) is 17.3 Å². The number of para-hydroxylation sites is 1. The fraction of sp³-hybridized carbons (Fsp3) is 0.147. The molecule has 0 aliphatic rings. The van der Waals surface area contributed by atoms with E-state index in [-0.39, 0.29) is 5.56 Å². The van der Waals surface area contributed by atoms with Crippen LogP contribution in [0.25, 0.3) is 22.3 Å². The van der Waals surface area contributed by atoms with E-state index in [1.54, 1.807) is 12.3 Å². The predicted octanol–water partition coefficient (Wildman–Crippen LogP) is 6.96. The average molecular weight is 530 g/mol. The van der Waals surface area contributed by atoms with Crippen molar-refractivity contribution in [1.82, 2.24) is 9.66 Å². The van der Waals surface area contributed by atoms with Gasteiger partial charge in [0.1, 0.15) is 6.61 Å². The zero-order chi connectivity index (χ0) is 27.9. The van der Waals surface area contributed by atoms with Crippen LogP contribution in [0, 0.1) is 6.92 Å². The Morgan fingerprint density at radius 2 is 1.75 bits per heavy atom. The van der Waals surface area contributed by atoms with Crippen molar-refractivity contribution < 1.29 is 9.47 Å². The molecule has 0 unspecified atom stereocenters. The molecule has 200 valence electrons. The van der Waals surface area contributed by atoms with Crippen LogP contribution in [-0.4, -0.2) is 22.5 Å². The maximum absolute atomic E-state index is 13.5. The van der Waals surface area contributed by atoms with Crippen LogP contribution < -0.4 is 15.0 Å². The molecule has 0 saturated heterocycles. The molecule has 0 radical (unpaired) electrons. The van der Waals surface area contributed by atoms with Crippen molar-refractivity contribution in [3.63, 3.8) is 0 Å². The van der Waals surface area contributed by atoms with Gasteiger partial charge in [-0.05, 0) is 55.7 Å². The Morgan fingerprint density at radius 1 is 0.950 bits per heavy atom. The summed E-state index contributed by atoms with van der Waals surface area (Å²) in [5, 5.41) is 5.13. The predicted molar refractivity (Wildman–Crippen MR) is 161 cm³/mol. The maximum Gasteiger partial charge on any atom is 0.282 e. The first-order chi connectivity index (χ1) is 19.6. The Morgan fingerprint density at radius 3 is 2.52 bits per heavy atom. The van der Waals surface area contributed by atoms with Crippen molar-refractivity contribution in [2.24, 2.45) is 5.10 Å². The number of hydrogen-bond donors (Lipinski definition) is 0. The van der Waals surface area contributed by atoms with Gasteiger partial charge in [-0.3, -0.25) is 4.79 Å². The van der Waals surface area contributed by atoms with Gasteiger partial charge in [-0.1, -0.05) is 78.4 Å². The van der Waals surface area contributed by atoms with E-state index in [1.807, 2.05) is 85.8 Å². The molecule has 0 amide bonds. The third-order valence-corrected chi connectivity index (χ3v) is 6.39. The highest BCUT2D eigenvalue weighted by Gasteiger charge is 2.15. The number of nitrogens with zero attached hydrogens (tertiary/aromatic N) is 3. The topological polar surface area (TPSA) is 65.7 Å². The third kappa shape index (κ3) is 5.86. The summed E-state index contributed by atoms with van der Waals surface area (Å²) in [5.74, 6) is 1.76. The number of allylic oxidation sites excluding steroid dienone is 1. The second-order valence-electron chi connectivity index (χ2n) is 9.39. The second kappa shape index (κ2) is 12.3. The van der Waals surface area contributed by atoms with Crippen LogP contribution in [0.4, 0.5) is 0 Å². The van der Waals surface area contributed by atoms with Crippen LogP contribution in [0.5, 0.6) is 11.5 Å². The van der Waals surface area contributed by atoms with Crippen LogP contribution >= 0.6 is 0 Å². The quantitative estimate of drug-likeness (QED) is 0.145. The summed E-state index contributed by atoms with van der Waals surface area (Å²) in [6.45, 7) is 8.81. The number of rotatable bonds is 10. The molecular weight excluding hydrogens is 498 g/mol. The molecule has 1 aromatic heterocycles. The van der Waals surface area contributed by atoms with Crippen LogP contribution in [0.15, 0.2) is 114 Å². The van der Waals surface area contributed by atoms with E-state index < -0.39 is 0 Å². The Labute approximate surface area is 233 Å². The monoisotopic (exact) mass is 529 g/mol. The van der Waals surface area contributed by atoms with Crippen molar-refractivity contribution >= 4 is 17.1 Å². The summed E-state index contributed by atoms with van der Waals surface area (Å²) in [6, 6.07) is 29.0. The van der Waals surface area contributed by atoms with E-state index in [2.05, 4.69) is 30.7 Å². The van der Waals surface area contributed by atoms with E-state index in [4.69, 9.17) is 14.5 Å². The van der Waals surface area contributed by atoms with Gasteiger partial charge in [-0.2, -0.15) is 9.78 Å². The first-order valence-electron chi connectivity index (χ1n) is 13.3. The lowest BCUT2D eigenvalue weighted by Crippen LogP contribution is -2.20. The lowest BCUT2D eigenvalue weighted by Gasteiger charge is -2.17. The number of fused-ring (bicyclic) bond motifs is 1. The molecule has 0 saturated carbocycles. The van der Waals surface area contributed by atoms with E-state index in [0.717, 1.165) is 22.3 Å². The van der Waals surface area contributed by atoms with Gasteiger partial charge >= 0.3 is 0 Å². The summed E-state index contributed by atoms with van der Waals surface area (Å²) in [4.78, 5) is 18.3. The highest BCUT2D eigenvalue weighted by atomic mass is 16.5. The summed E-state index contributed by atoms with van der Waals surface area (Å²) >= 11 is 0. The van der Waals surface area contributed by atoms with Gasteiger partial charge in [0, 0.05) is 11.1 Å². The maximum atomic E-state index is 13.5. The Balaban J connectivity index is 1.57. The fourth-order valence-electron chi connectivity index (χ4n) is 4.58. The number of aromatic nitrogens is 2. The fourth-order valence-corrected chi connectivity index (χ4v) is 4.58. The molecule has 0 atom stereocenters. The van der Waals surface area contributed by atoms with Gasteiger partial charge in [0.2, 0.25) is 0 Å². The summed E-state index contributed by atoms with van der Waals surface area (Å²) < 4.78 is 13.6. The van der Waals surface area contributed by atoms with Crippen LogP contribution in [-0.2, 0) is 13.0 Å². The van der Waals surface area contributed by atoms with Gasteiger partial charge in [0.05, 0.1) is 23.7 Å². The molecule has 5 aromatic rings.